The lowest BCUT2D eigenvalue weighted by atomic mass is 10.0. The number of β-amino-alcohol motifs (C(OH)–C–C–N with tert-alkyl or cyclic N) is 1. The Balaban J connectivity index is 1.43. The Morgan fingerprint density at radius 3 is 2.67 bits per heavy atom. The first kappa shape index (κ1) is 29.2. The Labute approximate surface area is 234 Å². The molecule has 1 aliphatic rings. The van der Waals surface area contributed by atoms with Gasteiger partial charge in [0.2, 0.25) is 5.82 Å². The molecule has 10 heteroatoms. The van der Waals surface area contributed by atoms with E-state index in [1.54, 1.807) is 11.3 Å². The predicted molar refractivity (Wildman–Crippen MR) is 152 cm³/mol. The van der Waals surface area contributed by atoms with Gasteiger partial charge in [-0.05, 0) is 81.2 Å². The molecule has 0 amide bonds. The van der Waals surface area contributed by atoms with Crippen molar-refractivity contribution in [2.45, 2.75) is 60.1 Å². The van der Waals surface area contributed by atoms with Crippen LogP contribution in [0.3, 0.4) is 0 Å². The van der Waals surface area contributed by atoms with E-state index in [2.05, 4.69) is 43.8 Å². The van der Waals surface area contributed by atoms with Crippen molar-refractivity contribution >= 4 is 17.3 Å². The standard InChI is InChI=1S/C29H40N4O5S/c1-6-20-13-22(11-19(5)26(20)37-17-23(34)15-33-10-9-21(14-33)29(35)36)27-30-28(38-31-27)24-12-18(4)25(39-24)16-32(7-2)8-3/h11-13,21,23,34H,6-10,14-17H2,1-5H3,(H,35,36)/t21?,23-/m0/s1. The van der Waals surface area contributed by atoms with Gasteiger partial charge in [-0.3, -0.25) is 14.6 Å². The summed E-state index contributed by atoms with van der Waals surface area (Å²) in [4.78, 5) is 22.6. The molecule has 2 atom stereocenters. The van der Waals surface area contributed by atoms with E-state index in [-0.39, 0.29) is 12.5 Å². The van der Waals surface area contributed by atoms with E-state index in [0.717, 1.165) is 53.4 Å². The summed E-state index contributed by atoms with van der Waals surface area (Å²) < 4.78 is 11.7. The molecule has 212 valence electrons. The van der Waals surface area contributed by atoms with E-state index >= 15 is 0 Å². The number of aryl methyl sites for hydroxylation is 3. The van der Waals surface area contributed by atoms with E-state index in [9.17, 15) is 15.0 Å². The zero-order valence-electron chi connectivity index (χ0n) is 23.6. The Hall–Kier alpha value is -2.79. The van der Waals surface area contributed by atoms with E-state index in [0.29, 0.717) is 37.8 Å². The lowest BCUT2D eigenvalue weighted by Gasteiger charge is -2.21. The summed E-state index contributed by atoms with van der Waals surface area (Å²) in [6, 6.07) is 6.13. The van der Waals surface area contributed by atoms with Crippen LogP contribution < -0.4 is 4.74 Å². The minimum Gasteiger partial charge on any atom is -0.490 e. The fourth-order valence-electron chi connectivity index (χ4n) is 5.05. The third-order valence-corrected chi connectivity index (χ3v) is 8.63. The zero-order chi connectivity index (χ0) is 28.1. The van der Waals surface area contributed by atoms with Crippen molar-refractivity contribution in [3.63, 3.8) is 0 Å². The Bertz CT molecular complexity index is 1270. The second kappa shape index (κ2) is 13.0. The highest BCUT2D eigenvalue weighted by molar-refractivity contribution is 7.15. The molecular formula is C29H40N4O5S. The fraction of sp³-hybridized carbons (Fsp3) is 0.552. The number of carboxylic acid groups (broad SMARTS) is 1. The van der Waals surface area contributed by atoms with Crippen molar-refractivity contribution in [3.05, 3.63) is 39.8 Å². The molecule has 0 spiro atoms. The van der Waals surface area contributed by atoms with Crippen LogP contribution in [0.2, 0.25) is 0 Å². The molecule has 0 bridgehead atoms. The molecule has 1 aromatic carbocycles. The Morgan fingerprint density at radius 2 is 2.00 bits per heavy atom. The third kappa shape index (κ3) is 7.05. The van der Waals surface area contributed by atoms with Crippen LogP contribution in [0, 0.1) is 19.8 Å². The molecule has 4 rings (SSSR count). The molecule has 0 radical (unpaired) electrons. The van der Waals surface area contributed by atoms with Crippen LogP contribution in [0.4, 0.5) is 0 Å². The van der Waals surface area contributed by atoms with Crippen LogP contribution in [-0.2, 0) is 17.8 Å². The number of aliphatic carboxylic acids is 1. The molecule has 1 saturated heterocycles. The van der Waals surface area contributed by atoms with E-state index in [4.69, 9.17) is 14.2 Å². The number of thiophene rings is 1. The zero-order valence-corrected chi connectivity index (χ0v) is 24.4. The van der Waals surface area contributed by atoms with Crippen molar-refractivity contribution in [2.75, 3.05) is 39.3 Å². The first-order valence-corrected chi connectivity index (χ1v) is 14.6. The third-order valence-electron chi connectivity index (χ3n) is 7.42. The minimum absolute atomic E-state index is 0.140. The number of rotatable bonds is 13. The number of carboxylic acids is 1. The number of likely N-dealkylation sites (tertiary alicyclic amines) is 1. The summed E-state index contributed by atoms with van der Waals surface area (Å²) in [5.74, 6) is 0.682. The van der Waals surface area contributed by atoms with Gasteiger partial charge >= 0.3 is 5.97 Å². The van der Waals surface area contributed by atoms with E-state index in [1.807, 2.05) is 24.0 Å². The molecular weight excluding hydrogens is 516 g/mol. The highest BCUT2D eigenvalue weighted by Gasteiger charge is 2.29. The molecule has 2 aromatic heterocycles. The number of hydrogen-bond donors (Lipinski definition) is 2. The molecule has 9 nitrogen and oxygen atoms in total. The van der Waals surface area contributed by atoms with Crippen molar-refractivity contribution in [3.8, 4) is 27.9 Å². The number of ether oxygens (including phenoxy) is 1. The normalized spacial score (nSPS) is 16.7. The van der Waals surface area contributed by atoms with Gasteiger partial charge in [-0.1, -0.05) is 25.9 Å². The van der Waals surface area contributed by atoms with Crippen LogP contribution >= 0.6 is 11.3 Å². The molecule has 1 aliphatic heterocycles. The number of aromatic nitrogens is 2. The molecule has 1 fully saturated rings. The monoisotopic (exact) mass is 556 g/mol. The lowest BCUT2D eigenvalue weighted by molar-refractivity contribution is -0.141. The smallest absolute Gasteiger partial charge is 0.307 e. The summed E-state index contributed by atoms with van der Waals surface area (Å²) >= 11 is 1.70. The number of hydrogen-bond acceptors (Lipinski definition) is 9. The Kier molecular flexibility index (Phi) is 9.76. The molecule has 0 saturated carbocycles. The van der Waals surface area contributed by atoms with Crippen molar-refractivity contribution in [1.29, 1.82) is 0 Å². The highest BCUT2D eigenvalue weighted by Crippen LogP contribution is 2.34. The molecule has 3 heterocycles. The summed E-state index contributed by atoms with van der Waals surface area (Å²) in [6.07, 6.45) is 0.655. The first-order chi connectivity index (χ1) is 18.7. The van der Waals surface area contributed by atoms with E-state index in [1.165, 1.54) is 10.4 Å². The summed E-state index contributed by atoms with van der Waals surface area (Å²) in [5.41, 5.74) is 4.04. The second-order valence-electron chi connectivity index (χ2n) is 10.3. The summed E-state index contributed by atoms with van der Waals surface area (Å²) in [5, 5.41) is 24.0. The van der Waals surface area contributed by atoms with Gasteiger partial charge in [0.1, 0.15) is 18.5 Å². The SMILES string of the molecule is CCc1cc(-c2noc(-c3cc(C)c(CN(CC)CC)s3)n2)cc(C)c1OC[C@@H](O)CN1CCC(C(=O)O)C1. The minimum atomic E-state index is -0.772. The van der Waals surface area contributed by atoms with Crippen molar-refractivity contribution in [1.82, 2.24) is 19.9 Å². The fourth-order valence-corrected chi connectivity index (χ4v) is 6.19. The van der Waals surface area contributed by atoms with E-state index < -0.39 is 12.1 Å². The van der Waals surface area contributed by atoms with Crippen LogP contribution in [0.25, 0.3) is 22.2 Å². The molecule has 0 aliphatic carbocycles. The molecule has 39 heavy (non-hydrogen) atoms. The summed E-state index contributed by atoms with van der Waals surface area (Å²) in [6.45, 7) is 15.1. The number of carbonyl (C=O) groups is 1. The van der Waals surface area contributed by atoms with Gasteiger partial charge < -0.3 is 19.5 Å². The predicted octanol–water partition coefficient (Wildman–Crippen LogP) is 4.63. The van der Waals surface area contributed by atoms with Crippen molar-refractivity contribution in [2.24, 2.45) is 5.92 Å². The van der Waals surface area contributed by atoms with Crippen LogP contribution in [0.1, 0.15) is 48.8 Å². The number of nitrogens with zero attached hydrogens (tertiary/aromatic N) is 4. The quantitative estimate of drug-likeness (QED) is 0.311. The van der Waals surface area contributed by atoms with Gasteiger partial charge in [-0.2, -0.15) is 4.98 Å². The maximum absolute atomic E-state index is 11.2. The Morgan fingerprint density at radius 1 is 1.23 bits per heavy atom. The molecule has 2 N–H and O–H groups in total. The summed E-state index contributed by atoms with van der Waals surface area (Å²) in [7, 11) is 0. The topological polar surface area (TPSA) is 112 Å². The van der Waals surface area contributed by atoms with Crippen LogP contribution in [0.5, 0.6) is 5.75 Å². The van der Waals surface area contributed by atoms with Crippen LogP contribution in [-0.4, -0.2) is 81.6 Å². The van der Waals surface area contributed by atoms with Gasteiger partial charge in [-0.25, -0.2) is 0 Å². The number of aliphatic hydroxyl groups excluding tert-OH is 1. The first-order valence-electron chi connectivity index (χ1n) is 13.8. The van der Waals surface area contributed by atoms with Gasteiger partial charge in [0.05, 0.1) is 10.8 Å². The van der Waals surface area contributed by atoms with Gasteiger partial charge in [0.25, 0.3) is 5.89 Å². The maximum Gasteiger partial charge on any atom is 0.307 e. The average molecular weight is 557 g/mol. The number of benzene rings is 1. The van der Waals surface area contributed by atoms with Crippen LogP contribution in [0.15, 0.2) is 22.7 Å². The largest absolute Gasteiger partial charge is 0.490 e. The van der Waals surface area contributed by atoms with Gasteiger partial charge in [0, 0.05) is 30.1 Å². The molecule has 3 aromatic rings. The molecule has 1 unspecified atom stereocenters. The van der Waals surface area contributed by atoms with Crippen molar-refractivity contribution < 1.29 is 24.3 Å². The second-order valence-corrected chi connectivity index (χ2v) is 11.4. The average Bonchev–Trinajstić information content (AvgIpc) is 3.66. The van der Waals surface area contributed by atoms with Gasteiger partial charge in [0.15, 0.2) is 0 Å². The van der Waals surface area contributed by atoms with Gasteiger partial charge in [-0.15, -0.1) is 11.3 Å². The number of aliphatic hydroxyl groups is 1. The highest BCUT2D eigenvalue weighted by atomic mass is 32.1. The maximum atomic E-state index is 11.2. The lowest BCUT2D eigenvalue weighted by Crippen LogP contribution is -2.35.